The lowest BCUT2D eigenvalue weighted by Crippen LogP contribution is -2.30. The van der Waals surface area contributed by atoms with Crippen molar-refractivity contribution in [2.45, 2.75) is 26.6 Å². The number of aryl methyl sites for hydroxylation is 1. The van der Waals surface area contributed by atoms with E-state index >= 15 is 0 Å². The SMILES string of the molecule is Cc1cc(=O)oc2cc(OC(C)C(=O)Nc3ccc(OCc4ccccc4)cc3)ccc12. The smallest absolute Gasteiger partial charge is 0.336 e. The van der Waals surface area contributed by atoms with Gasteiger partial charge in [-0.05, 0) is 61.4 Å². The van der Waals surface area contributed by atoms with Crippen molar-refractivity contribution in [1.82, 2.24) is 0 Å². The maximum atomic E-state index is 12.5. The van der Waals surface area contributed by atoms with E-state index < -0.39 is 11.7 Å². The third kappa shape index (κ3) is 5.16. The van der Waals surface area contributed by atoms with Crippen LogP contribution in [0.15, 0.2) is 88.1 Å². The van der Waals surface area contributed by atoms with Gasteiger partial charge in [-0.2, -0.15) is 0 Å². The van der Waals surface area contributed by atoms with Gasteiger partial charge in [0.2, 0.25) is 0 Å². The highest BCUT2D eigenvalue weighted by atomic mass is 16.5. The molecule has 4 rings (SSSR count). The Morgan fingerprint density at radius 1 is 0.969 bits per heavy atom. The Bertz CT molecular complexity index is 1280. The van der Waals surface area contributed by atoms with E-state index in [9.17, 15) is 9.59 Å². The fraction of sp³-hybridized carbons (Fsp3) is 0.154. The summed E-state index contributed by atoms with van der Waals surface area (Å²) in [6.45, 7) is 3.97. The van der Waals surface area contributed by atoms with Crippen molar-refractivity contribution in [2.24, 2.45) is 0 Å². The van der Waals surface area contributed by atoms with Gasteiger partial charge in [-0.3, -0.25) is 4.79 Å². The fourth-order valence-electron chi connectivity index (χ4n) is 3.26. The second-order valence-electron chi connectivity index (χ2n) is 7.45. The van der Waals surface area contributed by atoms with Crippen molar-refractivity contribution in [3.8, 4) is 11.5 Å². The molecule has 0 saturated heterocycles. The van der Waals surface area contributed by atoms with Gasteiger partial charge in [0.15, 0.2) is 6.10 Å². The summed E-state index contributed by atoms with van der Waals surface area (Å²) >= 11 is 0. The lowest BCUT2D eigenvalue weighted by molar-refractivity contribution is -0.122. The number of carbonyl (C=O) groups is 1. The first-order chi connectivity index (χ1) is 15.5. The van der Waals surface area contributed by atoms with E-state index in [0.717, 1.165) is 16.5 Å². The van der Waals surface area contributed by atoms with Crippen LogP contribution < -0.4 is 20.4 Å². The van der Waals surface area contributed by atoms with Crippen LogP contribution in [-0.4, -0.2) is 12.0 Å². The molecule has 0 spiro atoms. The number of fused-ring (bicyclic) bond motifs is 1. The normalized spacial score (nSPS) is 11.7. The summed E-state index contributed by atoms with van der Waals surface area (Å²) in [5.74, 6) is 0.858. The molecule has 6 nitrogen and oxygen atoms in total. The van der Waals surface area contributed by atoms with Gasteiger partial charge in [0, 0.05) is 23.2 Å². The molecular formula is C26H23NO5. The number of benzene rings is 3. The Kier molecular flexibility index (Phi) is 6.22. The molecular weight excluding hydrogens is 406 g/mol. The zero-order chi connectivity index (χ0) is 22.5. The number of hydrogen-bond acceptors (Lipinski definition) is 5. The summed E-state index contributed by atoms with van der Waals surface area (Å²) in [5, 5.41) is 3.65. The molecule has 1 unspecified atom stereocenters. The Balaban J connectivity index is 1.35. The van der Waals surface area contributed by atoms with Crippen molar-refractivity contribution < 1.29 is 18.7 Å². The molecule has 162 valence electrons. The van der Waals surface area contributed by atoms with E-state index in [4.69, 9.17) is 13.9 Å². The Labute approximate surface area is 185 Å². The summed E-state index contributed by atoms with van der Waals surface area (Å²) in [5.41, 5.74) is 2.54. The van der Waals surface area contributed by atoms with Crippen LogP contribution >= 0.6 is 0 Å². The van der Waals surface area contributed by atoms with Crippen LogP contribution in [0, 0.1) is 6.92 Å². The topological polar surface area (TPSA) is 77.8 Å². The molecule has 0 aliphatic heterocycles. The minimum absolute atomic E-state index is 0.297. The van der Waals surface area contributed by atoms with E-state index in [1.165, 1.54) is 6.07 Å². The summed E-state index contributed by atoms with van der Waals surface area (Å²) in [6, 6.07) is 23.7. The van der Waals surface area contributed by atoms with Gasteiger partial charge in [0.1, 0.15) is 23.7 Å². The molecule has 1 heterocycles. The van der Waals surface area contributed by atoms with Crippen LogP contribution in [0.5, 0.6) is 11.5 Å². The van der Waals surface area contributed by atoms with Crippen LogP contribution in [0.1, 0.15) is 18.1 Å². The molecule has 0 saturated carbocycles. The van der Waals surface area contributed by atoms with Crippen molar-refractivity contribution in [3.63, 3.8) is 0 Å². The zero-order valence-corrected chi connectivity index (χ0v) is 17.8. The van der Waals surface area contributed by atoms with Gasteiger partial charge in [-0.15, -0.1) is 0 Å². The lowest BCUT2D eigenvalue weighted by atomic mass is 10.1. The molecule has 0 aliphatic carbocycles. The molecule has 1 aromatic heterocycles. The third-order valence-corrected chi connectivity index (χ3v) is 4.98. The van der Waals surface area contributed by atoms with Gasteiger partial charge in [-0.1, -0.05) is 30.3 Å². The van der Waals surface area contributed by atoms with Gasteiger partial charge < -0.3 is 19.2 Å². The number of amides is 1. The van der Waals surface area contributed by atoms with Crippen LogP contribution in [-0.2, 0) is 11.4 Å². The van der Waals surface area contributed by atoms with Crippen molar-refractivity contribution >= 4 is 22.6 Å². The number of hydrogen-bond donors (Lipinski definition) is 1. The maximum Gasteiger partial charge on any atom is 0.336 e. The van der Waals surface area contributed by atoms with E-state index in [1.54, 1.807) is 43.3 Å². The highest BCUT2D eigenvalue weighted by molar-refractivity contribution is 5.94. The molecule has 32 heavy (non-hydrogen) atoms. The second kappa shape index (κ2) is 9.39. The second-order valence-corrected chi connectivity index (χ2v) is 7.45. The molecule has 4 aromatic rings. The van der Waals surface area contributed by atoms with Gasteiger partial charge in [-0.25, -0.2) is 4.79 Å². The monoisotopic (exact) mass is 429 g/mol. The molecule has 3 aromatic carbocycles. The fourth-order valence-corrected chi connectivity index (χ4v) is 3.26. The quantitative estimate of drug-likeness (QED) is 0.414. The average Bonchev–Trinajstić information content (AvgIpc) is 2.79. The number of nitrogens with one attached hydrogen (secondary N) is 1. The van der Waals surface area contributed by atoms with E-state index in [0.29, 0.717) is 29.4 Å². The van der Waals surface area contributed by atoms with E-state index in [1.807, 2.05) is 43.3 Å². The number of ether oxygens (including phenoxy) is 2. The zero-order valence-electron chi connectivity index (χ0n) is 17.8. The molecule has 6 heteroatoms. The van der Waals surface area contributed by atoms with Crippen LogP contribution in [0.3, 0.4) is 0 Å². The molecule has 0 radical (unpaired) electrons. The summed E-state index contributed by atoms with van der Waals surface area (Å²) in [6.07, 6.45) is -0.752. The van der Waals surface area contributed by atoms with Crippen LogP contribution in [0.4, 0.5) is 5.69 Å². The number of carbonyl (C=O) groups excluding carboxylic acids is 1. The molecule has 0 fully saturated rings. The average molecular weight is 429 g/mol. The van der Waals surface area contributed by atoms with E-state index in [-0.39, 0.29) is 5.91 Å². The highest BCUT2D eigenvalue weighted by Crippen LogP contribution is 2.23. The first-order valence-electron chi connectivity index (χ1n) is 10.3. The summed E-state index contributed by atoms with van der Waals surface area (Å²) in [4.78, 5) is 24.1. The molecule has 0 aliphatic rings. The molecule has 1 amide bonds. The van der Waals surface area contributed by atoms with Gasteiger partial charge in [0.05, 0.1) is 0 Å². The van der Waals surface area contributed by atoms with Crippen molar-refractivity contribution in [3.05, 3.63) is 100 Å². The Morgan fingerprint density at radius 3 is 2.44 bits per heavy atom. The van der Waals surface area contributed by atoms with E-state index in [2.05, 4.69) is 5.32 Å². The standard InChI is InChI=1S/C26H23NO5/c1-17-14-25(28)32-24-15-22(12-13-23(17)24)31-18(2)26(29)27-20-8-10-21(11-9-20)30-16-19-6-4-3-5-7-19/h3-15,18H,16H2,1-2H3,(H,27,29). The minimum Gasteiger partial charge on any atom is -0.489 e. The van der Waals surface area contributed by atoms with Crippen molar-refractivity contribution in [1.29, 1.82) is 0 Å². The van der Waals surface area contributed by atoms with Gasteiger partial charge >= 0.3 is 5.63 Å². The largest absolute Gasteiger partial charge is 0.489 e. The van der Waals surface area contributed by atoms with Crippen molar-refractivity contribution in [2.75, 3.05) is 5.32 Å². The summed E-state index contributed by atoms with van der Waals surface area (Å²) in [7, 11) is 0. The Morgan fingerprint density at radius 2 is 1.69 bits per heavy atom. The Hall–Kier alpha value is -4.06. The van der Waals surface area contributed by atoms with Crippen LogP contribution in [0.25, 0.3) is 11.0 Å². The van der Waals surface area contributed by atoms with Crippen LogP contribution in [0.2, 0.25) is 0 Å². The molecule has 0 bridgehead atoms. The predicted molar refractivity (Wildman–Crippen MR) is 123 cm³/mol. The number of rotatable bonds is 7. The van der Waals surface area contributed by atoms with Gasteiger partial charge in [0.25, 0.3) is 5.91 Å². The third-order valence-electron chi connectivity index (χ3n) is 4.98. The molecule has 1 atom stereocenters. The predicted octanol–water partition coefficient (Wildman–Crippen LogP) is 5.09. The highest BCUT2D eigenvalue weighted by Gasteiger charge is 2.16. The maximum absolute atomic E-state index is 12.5. The molecule has 1 N–H and O–H groups in total. The minimum atomic E-state index is -0.752. The first kappa shape index (κ1) is 21.2. The summed E-state index contributed by atoms with van der Waals surface area (Å²) < 4.78 is 16.7. The lowest BCUT2D eigenvalue weighted by Gasteiger charge is -2.15. The first-order valence-corrected chi connectivity index (χ1v) is 10.3. The number of anilines is 1.